The topological polar surface area (TPSA) is 15.8 Å². The highest BCUT2D eigenvalue weighted by Gasteiger charge is 2.31. The van der Waals surface area contributed by atoms with Crippen molar-refractivity contribution in [3.8, 4) is 0 Å². The van der Waals surface area contributed by atoms with Gasteiger partial charge in [0.1, 0.15) is 4.64 Å². The van der Waals surface area contributed by atoms with Gasteiger partial charge in [-0.15, -0.1) is 0 Å². The minimum atomic E-state index is -4.31. The van der Waals surface area contributed by atoms with E-state index in [2.05, 4.69) is 4.98 Å². The van der Waals surface area contributed by atoms with Crippen LogP contribution in [0.5, 0.6) is 0 Å². The molecule has 1 aromatic rings. The molecule has 0 bridgehead atoms. The fourth-order valence-corrected chi connectivity index (χ4v) is 2.61. The van der Waals surface area contributed by atoms with E-state index >= 15 is 0 Å². The summed E-state index contributed by atoms with van der Waals surface area (Å²) >= 11 is 4.87. The molecule has 1 aromatic heterocycles. The van der Waals surface area contributed by atoms with Gasteiger partial charge in [0.2, 0.25) is 0 Å². The van der Waals surface area contributed by atoms with Gasteiger partial charge < -0.3 is 4.98 Å². The van der Waals surface area contributed by atoms with Crippen molar-refractivity contribution in [1.82, 2.24) is 4.98 Å². The average molecular weight is 261 g/mol. The zero-order valence-electron chi connectivity index (χ0n) is 9.31. The van der Waals surface area contributed by atoms with Crippen LogP contribution in [0.15, 0.2) is 12.1 Å². The molecule has 1 N–H and O–H groups in total. The van der Waals surface area contributed by atoms with Gasteiger partial charge in [-0.05, 0) is 30.9 Å². The van der Waals surface area contributed by atoms with E-state index in [4.69, 9.17) is 12.2 Å². The van der Waals surface area contributed by atoms with E-state index in [1.54, 1.807) is 0 Å². The number of H-pyrrole nitrogens is 1. The molecule has 1 aliphatic rings. The molecule has 5 heteroatoms. The second kappa shape index (κ2) is 4.80. The van der Waals surface area contributed by atoms with Gasteiger partial charge in [0.15, 0.2) is 0 Å². The fourth-order valence-electron chi connectivity index (χ4n) is 2.36. The molecular weight excluding hydrogens is 247 g/mol. The number of hydrogen-bond donors (Lipinski definition) is 1. The third-order valence-corrected chi connectivity index (χ3v) is 3.46. The first-order valence-corrected chi connectivity index (χ1v) is 6.19. The minimum Gasteiger partial charge on any atom is -0.350 e. The molecule has 1 saturated carbocycles. The van der Waals surface area contributed by atoms with Gasteiger partial charge >= 0.3 is 6.18 Å². The monoisotopic (exact) mass is 261 g/mol. The molecule has 0 saturated heterocycles. The number of halogens is 3. The SMILES string of the molecule is FC(F)(F)c1cc(C2CCCCC2)[nH]c(=S)c1. The quantitative estimate of drug-likeness (QED) is 0.717. The van der Waals surface area contributed by atoms with Gasteiger partial charge in [-0.25, -0.2) is 0 Å². The lowest BCUT2D eigenvalue weighted by Crippen LogP contribution is -2.11. The van der Waals surface area contributed by atoms with Crippen LogP contribution in [0.4, 0.5) is 13.2 Å². The van der Waals surface area contributed by atoms with E-state index in [0.717, 1.165) is 31.7 Å². The number of pyridine rings is 1. The molecular formula is C12H14F3NS. The standard InChI is InChI=1S/C12H14F3NS/c13-12(14,15)9-6-10(16-11(17)7-9)8-4-2-1-3-5-8/h6-8H,1-5H2,(H,16,17). The second-order valence-corrected chi connectivity index (χ2v) is 4.96. The Hall–Kier alpha value is -0.840. The Kier molecular flexibility index (Phi) is 3.56. The van der Waals surface area contributed by atoms with Crippen molar-refractivity contribution >= 4 is 12.2 Å². The molecule has 94 valence electrons. The van der Waals surface area contributed by atoms with E-state index in [1.807, 2.05) is 0 Å². The summed E-state index contributed by atoms with van der Waals surface area (Å²) < 4.78 is 38.1. The van der Waals surface area contributed by atoms with Crippen molar-refractivity contribution in [1.29, 1.82) is 0 Å². The number of aromatic amines is 1. The number of nitrogens with one attached hydrogen (secondary N) is 1. The number of hydrogen-bond acceptors (Lipinski definition) is 1. The highest BCUT2D eigenvalue weighted by Crippen LogP contribution is 2.35. The highest BCUT2D eigenvalue weighted by molar-refractivity contribution is 7.71. The van der Waals surface area contributed by atoms with Crippen LogP contribution in [-0.4, -0.2) is 4.98 Å². The van der Waals surface area contributed by atoms with Crippen molar-refractivity contribution in [2.75, 3.05) is 0 Å². The van der Waals surface area contributed by atoms with Crippen LogP contribution >= 0.6 is 12.2 Å². The van der Waals surface area contributed by atoms with Crippen molar-refractivity contribution in [3.05, 3.63) is 28.0 Å². The molecule has 1 aliphatic carbocycles. The van der Waals surface area contributed by atoms with Crippen LogP contribution in [0.3, 0.4) is 0 Å². The van der Waals surface area contributed by atoms with Crippen LogP contribution in [0.2, 0.25) is 0 Å². The summed E-state index contributed by atoms with van der Waals surface area (Å²) in [5.74, 6) is 0.202. The van der Waals surface area contributed by atoms with E-state index in [9.17, 15) is 13.2 Å². The molecule has 2 rings (SSSR count). The number of rotatable bonds is 1. The Morgan fingerprint density at radius 3 is 2.35 bits per heavy atom. The van der Waals surface area contributed by atoms with Crippen molar-refractivity contribution in [3.63, 3.8) is 0 Å². The molecule has 0 aliphatic heterocycles. The molecule has 0 spiro atoms. The Morgan fingerprint density at radius 1 is 1.12 bits per heavy atom. The Morgan fingerprint density at radius 2 is 1.76 bits per heavy atom. The van der Waals surface area contributed by atoms with Crippen molar-refractivity contribution < 1.29 is 13.2 Å². The molecule has 1 fully saturated rings. The third kappa shape index (κ3) is 3.09. The second-order valence-electron chi connectivity index (χ2n) is 4.52. The van der Waals surface area contributed by atoms with Crippen LogP contribution < -0.4 is 0 Å². The first kappa shape index (κ1) is 12.6. The Bertz CT molecular complexity index is 444. The van der Waals surface area contributed by atoms with Crippen LogP contribution in [0.25, 0.3) is 0 Å². The minimum absolute atomic E-state index is 0.167. The van der Waals surface area contributed by atoms with Crippen molar-refractivity contribution in [2.45, 2.75) is 44.2 Å². The summed E-state index contributed by atoms with van der Waals surface area (Å²) in [5.41, 5.74) is 0.00588. The first-order chi connectivity index (χ1) is 7.97. The van der Waals surface area contributed by atoms with Gasteiger partial charge in [0.05, 0.1) is 5.56 Å². The lowest BCUT2D eigenvalue weighted by atomic mass is 9.86. The maximum atomic E-state index is 12.7. The van der Waals surface area contributed by atoms with Crippen LogP contribution in [0, 0.1) is 4.64 Å². The highest BCUT2D eigenvalue weighted by atomic mass is 32.1. The molecule has 0 atom stereocenters. The summed E-state index contributed by atoms with van der Waals surface area (Å²) in [6, 6.07) is 2.20. The Balaban J connectivity index is 2.34. The molecule has 0 radical (unpaired) electrons. The molecule has 17 heavy (non-hydrogen) atoms. The maximum absolute atomic E-state index is 12.7. The van der Waals surface area contributed by atoms with Crippen molar-refractivity contribution in [2.24, 2.45) is 0 Å². The third-order valence-electron chi connectivity index (χ3n) is 3.24. The normalized spacial score (nSPS) is 18.3. The zero-order valence-corrected chi connectivity index (χ0v) is 10.1. The largest absolute Gasteiger partial charge is 0.416 e. The van der Waals surface area contributed by atoms with Gasteiger partial charge in [0.25, 0.3) is 0 Å². The average Bonchev–Trinajstić information content (AvgIpc) is 2.28. The van der Waals surface area contributed by atoms with E-state index in [0.29, 0.717) is 5.69 Å². The maximum Gasteiger partial charge on any atom is 0.416 e. The number of aromatic nitrogens is 1. The van der Waals surface area contributed by atoms with E-state index in [-0.39, 0.29) is 10.6 Å². The van der Waals surface area contributed by atoms with E-state index < -0.39 is 11.7 Å². The fraction of sp³-hybridized carbons (Fsp3) is 0.583. The molecule has 1 heterocycles. The molecule has 0 aromatic carbocycles. The summed E-state index contributed by atoms with van der Waals surface area (Å²) in [6.45, 7) is 0. The molecule has 1 nitrogen and oxygen atoms in total. The Labute approximate surface area is 103 Å². The summed E-state index contributed by atoms with van der Waals surface area (Å²) in [4.78, 5) is 2.90. The van der Waals surface area contributed by atoms with Crippen LogP contribution in [0.1, 0.15) is 49.3 Å². The summed E-state index contributed by atoms with van der Waals surface area (Å²) in [6.07, 6.45) is 0.935. The van der Waals surface area contributed by atoms with Gasteiger partial charge in [-0.3, -0.25) is 0 Å². The molecule has 0 amide bonds. The predicted molar refractivity (Wildman–Crippen MR) is 62.5 cm³/mol. The zero-order chi connectivity index (χ0) is 12.5. The summed E-state index contributed by atoms with van der Waals surface area (Å²) in [7, 11) is 0. The van der Waals surface area contributed by atoms with Gasteiger partial charge in [-0.1, -0.05) is 31.5 Å². The van der Waals surface area contributed by atoms with E-state index in [1.165, 1.54) is 12.5 Å². The summed E-state index contributed by atoms with van der Waals surface area (Å²) in [5, 5.41) is 0. The number of alkyl halides is 3. The molecule has 0 unspecified atom stereocenters. The first-order valence-electron chi connectivity index (χ1n) is 5.78. The van der Waals surface area contributed by atoms with Gasteiger partial charge in [0, 0.05) is 5.69 Å². The lowest BCUT2D eigenvalue weighted by molar-refractivity contribution is -0.137. The van der Waals surface area contributed by atoms with Crippen LogP contribution in [-0.2, 0) is 6.18 Å². The smallest absolute Gasteiger partial charge is 0.350 e. The predicted octanol–water partition coefficient (Wildman–Crippen LogP) is 4.81. The lowest BCUT2D eigenvalue weighted by Gasteiger charge is -2.22. The van der Waals surface area contributed by atoms with Gasteiger partial charge in [-0.2, -0.15) is 13.2 Å².